The quantitative estimate of drug-likeness (QED) is 0.686. The number of benzene rings is 2. The van der Waals surface area contributed by atoms with Crippen molar-refractivity contribution in [1.29, 1.82) is 0 Å². The van der Waals surface area contributed by atoms with Crippen molar-refractivity contribution in [2.45, 2.75) is 18.2 Å². The average molecular weight is 435 g/mol. The topological polar surface area (TPSA) is 94.2 Å². The summed E-state index contributed by atoms with van der Waals surface area (Å²) in [6.45, 7) is 3.42. The molecule has 30 heavy (non-hydrogen) atoms. The summed E-state index contributed by atoms with van der Waals surface area (Å²) in [6, 6.07) is 12.1. The minimum Gasteiger partial charge on any atom is -0.495 e. The lowest BCUT2D eigenvalue weighted by molar-refractivity contribution is -0.116. The Morgan fingerprint density at radius 3 is 2.63 bits per heavy atom. The third kappa shape index (κ3) is 5.50. The van der Waals surface area contributed by atoms with Crippen LogP contribution < -0.4 is 14.8 Å². The van der Waals surface area contributed by atoms with Gasteiger partial charge in [-0.25, -0.2) is 8.42 Å². The maximum Gasteiger partial charge on any atom is 0.246 e. The van der Waals surface area contributed by atoms with E-state index in [-0.39, 0.29) is 42.7 Å². The van der Waals surface area contributed by atoms with Crippen LogP contribution in [0.2, 0.25) is 0 Å². The van der Waals surface area contributed by atoms with Crippen molar-refractivity contribution < 1.29 is 27.4 Å². The van der Waals surface area contributed by atoms with Gasteiger partial charge in [0.2, 0.25) is 15.9 Å². The summed E-state index contributed by atoms with van der Waals surface area (Å²) in [5, 5.41) is 2.72. The maximum atomic E-state index is 13.0. The smallest absolute Gasteiger partial charge is 0.246 e. The molecule has 1 N–H and O–H groups in total. The Morgan fingerprint density at radius 2 is 1.93 bits per heavy atom. The zero-order chi connectivity index (χ0) is 21.6. The van der Waals surface area contributed by atoms with Gasteiger partial charge in [0.05, 0.1) is 33.4 Å². The second-order valence-electron chi connectivity index (χ2n) is 6.85. The highest BCUT2D eigenvalue weighted by atomic mass is 32.2. The van der Waals surface area contributed by atoms with Crippen LogP contribution in [0.5, 0.6) is 11.5 Å². The predicted molar refractivity (Wildman–Crippen MR) is 112 cm³/mol. The second-order valence-corrected chi connectivity index (χ2v) is 8.75. The second kappa shape index (κ2) is 9.92. The SMILES string of the molecule is COc1ccc(NC(=O)CCOc2cccc(C)c2)cc1S(=O)(=O)N1CCOCC1. The van der Waals surface area contributed by atoms with E-state index in [9.17, 15) is 13.2 Å². The number of hydrogen-bond donors (Lipinski definition) is 1. The van der Waals surface area contributed by atoms with Crippen molar-refractivity contribution in [1.82, 2.24) is 4.31 Å². The van der Waals surface area contributed by atoms with E-state index in [4.69, 9.17) is 14.2 Å². The summed E-state index contributed by atoms with van der Waals surface area (Å²) >= 11 is 0. The van der Waals surface area contributed by atoms with Crippen LogP contribution in [0.3, 0.4) is 0 Å². The van der Waals surface area contributed by atoms with Crippen LogP contribution in [0.4, 0.5) is 5.69 Å². The number of nitrogens with zero attached hydrogens (tertiary/aromatic N) is 1. The lowest BCUT2D eigenvalue weighted by atomic mass is 10.2. The molecule has 2 aromatic carbocycles. The molecule has 1 saturated heterocycles. The molecule has 3 rings (SSSR count). The van der Waals surface area contributed by atoms with Gasteiger partial charge in [-0.05, 0) is 42.8 Å². The van der Waals surface area contributed by atoms with Crippen molar-refractivity contribution in [2.75, 3.05) is 45.3 Å². The van der Waals surface area contributed by atoms with E-state index in [1.807, 2.05) is 31.2 Å². The molecule has 1 heterocycles. The fraction of sp³-hybridized carbons (Fsp3) is 0.381. The minimum atomic E-state index is -3.77. The summed E-state index contributed by atoms with van der Waals surface area (Å²) in [6.07, 6.45) is 0.130. The summed E-state index contributed by atoms with van der Waals surface area (Å²) in [7, 11) is -2.36. The molecule has 0 unspecified atom stereocenters. The monoisotopic (exact) mass is 434 g/mol. The molecule has 1 amide bonds. The number of ether oxygens (including phenoxy) is 3. The molecule has 9 heteroatoms. The van der Waals surface area contributed by atoms with Gasteiger partial charge in [-0.15, -0.1) is 0 Å². The number of aryl methyl sites for hydroxylation is 1. The molecule has 1 fully saturated rings. The minimum absolute atomic E-state index is 0.0145. The third-order valence-electron chi connectivity index (χ3n) is 4.62. The third-order valence-corrected chi connectivity index (χ3v) is 6.54. The first-order chi connectivity index (χ1) is 14.4. The van der Waals surface area contributed by atoms with Gasteiger partial charge in [0.25, 0.3) is 0 Å². The summed E-state index contributed by atoms with van der Waals surface area (Å²) in [4.78, 5) is 12.3. The summed E-state index contributed by atoms with van der Waals surface area (Å²) in [5.41, 5.74) is 1.45. The van der Waals surface area contributed by atoms with Crippen LogP contribution in [0.25, 0.3) is 0 Å². The molecule has 162 valence electrons. The molecular formula is C21H26N2O6S. The number of nitrogens with one attached hydrogen (secondary N) is 1. The Balaban J connectivity index is 1.66. The molecule has 1 aliphatic rings. The first-order valence-electron chi connectivity index (χ1n) is 9.65. The number of morpholine rings is 1. The van der Waals surface area contributed by atoms with Gasteiger partial charge in [-0.2, -0.15) is 4.31 Å². The van der Waals surface area contributed by atoms with E-state index in [1.54, 1.807) is 6.07 Å². The largest absolute Gasteiger partial charge is 0.495 e. The van der Waals surface area contributed by atoms with Gasteiger partial charge in [0.15, 0.2) is 0 Å². The predicted octanol–water partition coefficient (Wildman–Crippen LogP) is 2.43. The molecule has 0 aliphatic carbocycles. The number of rotatable bonds is 8. The molecule has 0 saturated carbocycles. The molecule has 0 spiro atoms. The molecule has 2 aromatic rings. The van der Waals surface area contributed by atoms with Crippen LogP contribution in [0.15, 0.2) is 47.4 Å². The molecular weight excluding hydrogens is 408 g/mol. The highest BCUT2D eigenvalue weighted by Gasteiger charge is 2.29. The zero-order valence-electron chi connectivity index (χ0n) is 17.1. The molecule has 0 bridgehead atoms. The number of amides is 1. The fourth-order valence-corrected chi connectivity index (χ4v) is 4.66. The Kier molecular flexibility index (Phi) is 7.30. The molecule has 1 aliphatic heterocycles. The van der Waals surface area contributed by atoms with Gasteiger partial charge in [0, 0.05) is 18.8 Å². The van der Waals surface area contributed by atoms with Crippen LogP contribution in [0.1, 0.15) is 12.0 Å². The standard InChI is InChI=1S/C21H26N2O6S/c1-16-4-3-5-18(14-16)29-11-8-21(24)22-17-6-7-19(27-2)20(15-17)30(25,26)23-9-12-28-13-10-23/h3-7,14-15H,8-13H2,1-2H3,(H,22,24). The van der Waals surface area contributed by atoms with Crippen molar-refractivity contribution in [3.05, 3.63) is 48.0 Å². The number of sulfonamides is 1. The maximum absolute atomic E-state index is 13.0. The number of anilines is 1. The summed E-state index contributed by atoms with van der Waals surface area (Å²) < 4.78 is 43.5. The zero-order valence-corrected chi connectivity index (χ0v) is 17.9. The fourth-order valence-electron chi connectivity index (χ4n) is 3.07. The first-order valence-corrected chi connectivity index (χ1v) is 11.1. The van der Waals surface area contributed by atoms with Crippen molar-refractivity contribution in [3.63, 3.8) is 0 Å². The number of carbonyl (C=O) groups excluding carboxylic acids is 1. The first kappa shape index (κ1) is 22.1. The lowest BCUT2D eigenvalue weighted by Crippen LogP contribution is -2.40. The van der Waals surface area contributed by atoms with Gasteiger partial charge in [-0.3, -0.25) is 4.79 Å². The van der Waals surface area contributed by atoms with Gasteiger partial charge in [-0.1, -0.05) is 12.1 Å². The molecule has 0 radical (unpaired) electrons. The van der Waals surface area contributed by atoms with E-state index in [0.717, 1.165) is 5.56 Å². The number of hydrogen-bond acceptors (Lipinski definition) is 6. The lowest BCUT2D eigenvalue weighted by Gasteiger charge is -2.26. The molecule has 8 nitrogen and oxygen atoms in total. The Bertz CT molecular complexity index is 987. The Morgan fingerprint density at radius 1 is 1.17 bits per heavy atom. The van der Waals surface area contributed by atoms with E-state index in [0.29, 0.717) is 24.7 Å². The summed E-state index contributed by atoms with van der Waals surface area (Å²) in [5.74, 6) is 0.649. The van der Waals surface area contributed by atoms with Crippen molar-refractivity contribution in [3.8, 4) is 11.5 Å². The van der Waals surface area contributed by atoms with Crippen LogP contribution >= 0.6 is 0 Å². The van der Waals surface area contributed by atoms with E-state index >= 15 is 0 Å². The highest BCUT2D eigenvalue weighted by molar-refractivity contribution is 7.89. The van der Waals surface area contributed by atoms with Crippen LogP contribution in [-0.2, 0) is 19.6 Å². The Labute approximate surface area is 176 Å². The normalized spacial score (nSPS) is 14.9. The van der Waals surface area contributed by atoms with E-state index in [2.05, 4.69) is 5.32 Å². The van der Waals surface area contributed by atoms with Crippen molar-refractivity contribution >= 4 is 21.6 Å². The number of carbonyl (C=O) groups is 1. The van der Waals surface area contributed by atoms with Gasteiger partial charge in [0.1, 0.15) is 16.4 Å². The van der Waals surface area contributed by atoms with Gasteiger partial charge < -0.3 is 19.5 Å². The van der Waals surface area contributed by atoms with E-state index < -0.39 is 10.0 Å². The van der Waals surface area contributed by atoms with Crippen molar-refractivity contribution in [2.24, 2.45) is 0 Å². The average Bonchev–Trinajstić information content (AvgIpc) is 2.74. The molecule has 0 aromatic heterocycles. The highest BCUT2D eigenvalue weighted by Crippen LogP contribution is 2.30. The van der Waals surface area contributed by atoms with E-state index in [1.165, 1.54) is 23.5 Å². The van der Waals surface area contributed by atoms with Crippen LogP contribution in [-0.4, -0.2) is 58.7 Å². The Hall–Kier alpha value is -2.62. The molecule has 0 atom stereocenters. The number of methoxy groups -OCH3 is 1. The van der Waals surface area contributed by atoms with Gasteiger partial charge >= 0.3 is 0 Å². The van der Waals surface area contributed by atoms with Crippen LogP contribution in [0, 0.1) is 6.92 Å².